The van der Waals surface area contributed by atoms with Crippen LogP contribution >= 0.6 is 23.5 Å². The lowest BCUT2D eigenvalue weighted by Crippen LogP contribution is -2.28. The molecule has 146 valence electrons. The standard InChI is InChI=1S/C16H14N4O6S2/c21-11(5-9-13(23)19-15(25)27-9)17-7-3-1-2-4-8(7)18-12(22)6-10-14(24)20-16(26)28-10/h1-4,9-10H,5-6H2,(H,17,21)(H,18,22)(H,19,23,25)(H,20,24,26). The van der Waals surface area contributed by atoms with E-state index in [1.165, 1.54) is 0 Å². The molecule has 2 unspecified atom stereocenters. The molecule has 1 aromatic rings. The minimum Gasteiger partial charge on any atom is -0.324 e. The molecule has 0 bridgehead atoms. The molecular weight excluding hydrogens is 408 g/mol. The molecule has 28 heavy (non-hydrogen) atoms. The van der Waals surface area contributed by atoms with E-state index in [-0.39, 0.29) is 12.8 Å². The zero-order chi connectivity index (χ0) is 20.3. The van der Waals surface area contributed by atoms with Crippen molar-refractivity contribution in [2.75, 3.05) is 10.6 Å². The smallest absolute Gasteiger partial charge is 0.286 e. The molecule has 3 rings (SSSR count). The fourth-order valence-corrected chi connectivity index (χ4v) is 4.13. The number of anilines is 2. The van der Waals surface area contributed by atoms with Gasteiger partial charge in [-0.1, -0.05) is 35.7 Å². The summed E-state index contributed by atoms with van der Waals surface area (Å²) in [7, 11) is 0. The first-order valence-electron chi connectivity index (χ1n) is 8.03. The molecule has 2 fully saturated rings. The van der Waals surface area contributed by atoms with E-state index < -0.39 is 44.6 Å². The van der Waals surface area contributed by atoms with Gasteiger partial charge in [-0.05, 0) is 12.1 Å². The highest BCUT2D eigenvalue weighted by atomic mass is 32.2. The predicted octanol–water partition coefficient (Wildman–Crippen LogP) is 1.05. The molecule has 2 aliphatic rings. The Labute approximate surface area is 166 Å². The predicted molar refractivity (Wildman–Crippen MR) is 103 cm³/mol. The second kappa shape index (κ2) is 8.44. The third kappa shape index (κ3) is 4.89. The first-order chi connectivity index (χ1) is 13.3. The van der Waals surface area contributed by atoms with Crippen molar-refractivity contribution >= 4 is 69.0 Å². The lowest BCUT2D eigenvalue weighted by atomic mass is 10.2. The van der Waals surface area contributed by atoms with E-state index in [2.05, 4.69) is 21.3 Å². The molecule has 2 atom stereocenters. The Morgan fingerprint density at radius 1 is 0.786 bits per heavy atom. The van der Waals surface area contributed by atoms with Crippen LogP contribution in [0.3, 0.4) is 0 Å². The van der Waals surface area contributed by atoms with Gasteiger partial charge in [-0.2, -0.15) is 0 Å². The van der Waals surface area contributed by atoms with Crippen LogP contribution in [0.5, 0.6) is 0 Å². The quantitative estimate of drug-likeness (QED) is 0.531. The molecule has 2 saturated heterocycles. The Morgan fingerprint density at radius 3 is 1.50 bits per heavy atom. The van der Waals surface area contributed by atoms with Gasteiger partial charge in [0.25, 0.3) is 10.5 Å². The van der Waals surface area contributed by atoms with E-state index in [0.717, 1.165) is 23.5 Å². The average Bonchev–Trinajstić information content (AvgIpc) is 3.09. The van der Waals surface area contributed by atoms with Crippen molar-refractivity contribution in [2.45, 2.75) is 23.3 Å². The van der Waals surface area contributed by atoms with Crippen molar-refractivity contribution < 1.29 is 28.8 Å². The molecule has 0 aliphatic carbocycles. The number of nitrogens with one attached hydrogen (secondary N) is 4. The number of thioether (sulfide) groups is 2. The summed E-state index contributed by atoms with van der Waals surface area (Å²) in [5.41, 5.74) is 0.602. The molecule has 1 aromatic carbocycles. The first kappa shape index (κ1) is 19.9. The third-order valence-electron chi connectivity index (χ3n) is 3.75. The Hall–Kier alpha value is -2.86. The molecule has 2 heterocycles. The number of carbonyl (C=O) groups excluding carboxylic acids is 6. The number of hydrogen-bond donors (Lipinski definition) is 4. The van der Waals surface area contributed by atoms with Gasteiger partial charge in [0, 0.05) is 12.8 Å². The Bertz CT molecular complexity index is 819. The van der Waals surface area contributed by atoms with Gasteiger partial charge in [-0.15, -0.1) is 0 Å². The number of hydrogen-bond acceptors (Lipinski definition) is 8. The monoisotopic (exact) mass is 422 g/mol. The van der Waals surface area contributed by atoms with Gasteiger partial charge in [0.2, 0.25) is 23.6 Å². The summed E-state index contributed by atoms with van der Waals surface area (Å²) < 4.78 is 0. The SMILES string of the molecule is O=C(CC1SC(=O)NC1=O)Nc1ccccc1NC(=O)CC1SC(=O)NC1=O. The molecule has 0 aromatic heterocycles. The highest BCUT2D eigenvalue weighted by Gasteiger charge is 2.34. The van der Waals surface area contributed by atoms with Crippen LogP contribution in [-0.4, -0.2) is 44.6 Å². The lowest BCUT2D eigenvalue weighted by molar-refractivity contribution is -0.122. The highest BCUT2D eigenvalue weighted by molar-refractivity contribution is 8.15. The van der Waals surface area contributed by atoms with Crippen molar-refractivity contribution in [2.24, 2.45) is 0 Å². The maximum atomic E-state index is 12.2. The molecule has 4 N–H and O–H groups in total. The molecule has 12 heteroatoms. The first-order valence-corrected chi connectivity index (χ1v) is 9.79. The van der Waals surface area contributed by atoms with Gasteiger partial charge in [0.15, 0.2) is 0 Å². The maximum absolute atomic E-state index is 12.2. The van der Waals surface area contributed by atoms with Crippen molar-refractivity contribution in [3.8, 4) is 0 Å². The summed E-state index contributed by atoms with van der Waals surface area (Å²) in [4.78, 5) is 69.8. The van der Waals surface area contributed by atoms with Gasteiger partial charge in [-0.25, -0.2) is 0 Å². The molecule has 6 amide bonds. The number of carbonyl (C=O) groups is 6. The normalized spacial score (nSPS) is 21.3. The van der Waals surface area contributed by atoms with Crippen LogP contribution in [0.1, 0.15) is 12.8 Å². The second-order valence-electron chi connectivity index (χ2n) is 5.82. The largest absolute Gasteiger partial charge is 0.324 e. The van der Waals surface area contributed by atoms with Gasteiger partial charge < -0.3 is 10.6 Å². The van der Waals surface area contributed by atoms with Crippen molar-refractivity contribution in [1.29, 1.82) is 0 Å². The van der Waals surface area contributed by atoms with Crippen LogP contribution in [0, 0.1) is 0 Å². The Kier molecular flexibility index (Phi) is 5.99. The van der Waals surface area contributed by atoms with E-state index in [1.807, 2.05) is 0 Å². The molecule has 2 aliphatic heterocycles. The number of rotatable bonds is 6. The summed E-state index contributed by atoms with van der Waals surface area (Å²) >= 11 is 1.50. The lowest BCUT2D eigenvalue weighted by Gasteiger charge is -2.13. The van der Waals surface area contributed by atoms with Crippen LogP contribution in [0.2, 0.25) is 0 Å². The van der Waals surface area contributed by atoms with Crippen molar-refractivity contribution in [3.05, 3.63) is 24.3 Å². The van der Waals surface area contributed by atoms with Gasteiger partial charge in [0.05, 0.1) is 11.4 Å². The topological polar surface area (TPSA) is 151 Å². The zero-order valence-corrected chi connectivity index (χ0v) is 15.8. The molecule has 0 radical (unpaired) electrons. The Balaban J connectivity index is 1.59. The summed E-state index contributed by atoms with van der Waals surface area (Å²) in [6.45, 7) is 0. The fraction of sp³-hybridized carbons (Fsp3) is 0.250. The van der Waals surface area contributed by atoms with Gasteiger partial charge in [-0.3, -0.25) is 39.4 Å². The van der Waals surface area contributed by atoms with Crippen LogP contribution < -0.4 is 21.3 Å². The summed E-state index contributed by atoms with van der Waals surface area (Å²) in [6, 6.07) is 6.40. The number of amides is 6. The van der Waals surface area contributed by atoms with Crippen molar-refractivity contribution in [3.63, 3.8) is 0 Å². The van der Waals surface area contributed by atoms with Crippen LogP contribution in [0.15, 0.2) is 24.3 Å². The summed E-state index contributed by atoms with van der Waals surface area (Å²) in [5, 5.41) is 6.79. The van der Waals surface area contributed by atoms with E-state index in [1.54, 1.807) is 24.3 Å². The fourth-order valence-electron chi connectivity index (χ4n) is 2.50. The van der Waals surface area contributed by atoms with Gasteiger partial charge in [0.1, 0.15) is 10.5 Å². The zero-order valence-electron chi connectivity index (χ0n) is 14.1. The summed E-state index contributed by atoms with van der Waals surface area (Å²) in [5.74, 6) is -2.04. The second-order valence-corrected chi connectivity index (χ2v) is 8.17. The minimum absolute atomic E-state index is 0.203. The number of benzene rings is 1. The number of imide groups is 2. The molecule has 10 nitrogen and oxygen atoms in total. The van der Waals surface area contributed by atoms with E-state index in [0.29, 0.717) is 11.4 Å². The van der Waals surface area contributed by atoms with Crippen molar-refractivity contribution in [1.82, 2.24) is 10.6 Å². The maximum Gasteiger partial charge on any atom is 0.286 e. The van der Waals surface area contributed by atoms with Gasteiger partial charge >= 0.3 is 0 Å². The van der Waals surface area contributed by atoms with Crippen LogP contribution in [-0.2, 0) is 19.2 Å². The highest BCUT2D eigenvalue weighted by Crippen LogP contribution is 2.26. The van der Waals surface area contributed by atoms with E-state index >= 15 is 0 Å². The van der Waals surface area contributed by atoms with Crippen LogP contribution in [0.4, 0.5) is 21.0 Å². The average molecular weight is 422 g/mol. The van der Waals surface area contributed by atoms with E-state index in [4.69, 9.17) is 0 Å². The summed E-state index contributed by atoms with van der Waals surface area (Å²) in [6.07, 6.45) is -0.406. The van der Waals surface area contributed by atoms with E-state index in [9.17, 15) is 28.8 Å². The molecule has 0 spiro atoms. The number of para-hydroxylation sites is 2. The Morgan fingerprint density at radius 2 is 1.18 bits per heavy atom. The minimum atomic E-state index is -0.801. The van der Waals surface area contributed by atoms with Crippen LogP contribution in [0.25, 0.3) is 0 Å². The molecule has 0 saturated carbocycles. The molecular formula is C16H14N4O6S2. The third-order valence-corrected chi connectivity index (χ3v) is 5.71.